The van der Waals surface area contributed by atoms with Crippen molar-refractivity contribution < 1.29 is 4.74 Å². The third-order valence-electron chi connectivity index (χ3n) is 3.22. The van der Waals surface area contributed by atoms with Gasteiger partial charge in [0, 0.05) is 17.3 Å². The van der Waals surface area contributed by atoms with Crippen LogP contribution in [0.2, 0.25) is 5.02 Å². The van der Waals surface area contributed by atoms with Crippen molar-refractivity contribution in [3.8, 4) is 5.75 Å². The first-order valence-corrected chi connectivity index (χ1v) is 7.57. The van der Waals surface area contributed by atoms with Gasteiger partial charge in [-0.1, -0.05) is 48.0 Å². The van der Waals surface area contributed by atoms with Crippen LogP contribution in [0.25, 0.3) is 5.32 Å². The van der Waals surface area contributed by atoms with E-state index in [4.69, 9.17) is 27.5 Å². The van der Waals surface area contributed by atoms with Crippen LogP contribution in [0.1, 0.15) is 5.56 Å². The van der Waals surface area contributed by atoms with Crippen LogP contribution in [0.15, 0.2) is 60.3 Å². The van der Waals surface area contributed by atoms with Crippen molar-refractivity contribution in [3.63, 3.8) is 0 Å². The molecule has 4 nitrogen and oxygen atoms in total. The maximum atomic E-state index is 7.80. The second-order valence-electron chi connectivity index (χ2n) is 4.95. The third-order valence-corrected chi connectivity index (χ3v) is 3.54. The Hall–Kier alpha value is -2.30. The molecule has 120 valence electrons. The van der Waals surface area contributed by atoms with Gasteiger partial charge in [-0.05, 0) is 30.2 Å². The summed E-state index contributed by atoms with van der Waals surface area (Å²) in [6.45, 7) is 0.171. The minimum atomic E-state index is 0.171. The Morgan fingerprint density at radius 2 is 1.91 bits per heavy atom. The van der Waals surface area contributed by atoms with Crippen LogP contribution in [-0.4, -0.2) is 19.4 Å². The molecule has 0 heterocycles. The maximum absolute atomic E-state index is 7.80. The average molecular weight is 329 g/mol. The number of allylic oxidation sites excluding steroid dienone is 1. The van der Waals surface area contributed by atoms with Crippen LogP contribution < -0.4 is 10.5 Å². The van der Waals surface area contributed by atoms with E-state index in [0.29, 0.717) is 22.8 Å². The molecule has 2 aromatic rings. The molecule has 0 saturated heterocycles. The van der Waals surface area contributed by atoms with Crippen LogP contribution in [-0.2, 0) is 6.42 Å². The summed E-state index contributed by atoms with van der Waals surface area (Å²) in [6, 6.07) is 15.1. The fourth-order valence-corrected chi connectivity index (χ4v) is 2.21. The number of ether oxygens (including phenoxy) is 1. The molecule has 0 aliphatic heterocycles. The quantitative estimate of drug-likeness (QED) is 0.736. The zero-order valence-electron chi connectivity index (χ0n) is 12.9. The van der Waals surface area contributed by atoms with Crippen molar-refractivity contribution in [2.24, 2.45) is 5.73 Å². The molecule has 0 bridgehead atoms. The number of para-hydroxylation sites is 1. The molecule has 0 unspecified atom stereocenters. The molecule has 0 aliphatic carbocycles. The van der Waals surface area contributed by atoms with Gasteiger partial charge in [0.2, 0.25) is 0 Å². The first-order valence-electron chi connectivity index (χ1n) is 7.19. The number of hydrogen-bond acceptors (Lipinski definition) is 3. The Morgan fingerprint density at radius 3 is 2.52 bits per heavy atom. The Kier molecular flexibility index (Phi) is 6.20. The molecule has 23 heavy (non-hydrogen) atoms. The van der Waals surface area contributed by atoms with Crippen molar-refractivity contribution in [2.45, 2.75) is 6.42 Å². The predicted molar refractivity (Wildman–Crippen MR) is 96.0 cm³/mol. The second kappa shape index (κ2) is 8.36. The molecule has 0 spiro atoms. The van der Waals surface area contributed by atoms with Crippen molar-refractivity contribution in [2.75, 3.05) is 13.7 Å². The maximum Gasteiger partial charge on any atom is 0.118 e. The SMILES string of the molecule is COc1ccc(C/C(=C/C(=N)CN)[N-]c2ccccc2Cl)cc1. The Labute approximate surface area is 141 Å². The monoisotopic (exact) mass is 328 g/mol. The number of nitrogens with two attached hydrogens (primary N) is 1. The molecular weight excluding hydrogens is 310 g/mol. The second-order valence-corrected chi connectivity index (χ2v) is 5.36. The Bertz CT molecular complexity index is 696. The lowest BCUT2D eigenvalue weighted by Gasteiger charge is -2.27. The number of rotatable bonds is 7. The predicted octanol–water partition coefficient (Wildman–Crippen LogP) is 4.46. The minimum Gasteiger partial charge on any atom is -0.660 e. The topological polar surface area (TPSA) is 73.2 Å². The summed E-state index contributed by atoms with van der Waals surface area (Å²) in [7, 11) is 1.63. The summed E-state index contributed by atoms with van der Waals surface area (Å²) in [4.78, 5) is 0. The van der Waals surface area contributed by atoms with Crippen LogP contribution in [0.4, 0.5) is 5.69 Å². The third kappa shape index (κ3) is 5.13. The van der Waals surface area contributed by atoms with E-state index < -0.39 is 0 Å². The van der Waals surface area contributed by atoms with Crippen LogP contribution in [0, 0.1) is 5.41 Å². The van der Waals surface area contributed by atoms with Gasteiger partial charge >= 0.3 is 0 Å². The number of benzene rings is 2. The largest absolute Gasteiger partial charge is 0.660 e. The minimum absolute atomic E-state index is 0.171. The highest BCUT2D eigenvalue weighted by atomic mass is 35.5. The highest BCUT2D eigenvalue weighted by Gasteiger charge is 1.98. The number of halogens is 1. The molecule has 0 aromatic heterocycles. The van der Waals surface area contributed by atoms with Gasteiger partial charge in [0.1, 0.15) is 5.75 Å². The van der Waals surface area contributed by atoms with Crippen LogP contribution in [0.3, 0.4) is 0 Å². The highest BCUT2D eigenvalue weighted by Crippen LogP contribution is 2.33. The molecule has 0 aliphatic rings. The molecule has 0 amide bonds. The first-order chi connectivity index (χ1) is 11.1. The Balaban J connectivity index is 2.22. The summed E-state index contributed by atoms with van der Waals surface area (Å²) in [5.74, 6) is 0.803. The summed E-state index contributed by atoms with van der Waals surface area (Å²) >= 11 is 6.17. The molecular formula is C18H19ClN3O-. The number of methoxy groups -OCH3 is 1. The van der Waals surface area contributed by atoms with Gasteiger partial charge in [0.05, 0.1) is 7.11 Å². The Morgan fingerprint density at radius 1 is 1.22 bits per heavy atom. The first kappa shape index (κ1) is 17.1. The lowest BCUT2D eigenvalue weighted by atomic mass is 10.1. The van der Waals surface area contributed by atoms with Crippen molar-refractivity contribution in [3.05, 3.63) is 76.2 Å². The van der Waals surface area contributed by atoms with Crippen molar-refractivity contribution in [1.82, 2.24) is 0 Å². The lowest BCUT2D eigenvalue weighted by Crippen LogP contribution is -2.10. The smallest absolute Gasteiger partial charge is 0.118 e. The van der Waals surface area contributed by atoms with Gasteiger partial charge in [-0.3, -0.25) is 0 Å². The van der Waals surface area contributed by atoms with Crippen LogP contribution in [0.5, 0.6) is 5.75 Å². The van der Waals surface area contributed by atoms with E-state index in [9.17, 15) is 0 Å². The van der Waals surface area contributed by atoms with Gasteiger partial charge in [0.15, 0.2) is 0 Å². The highest BCUT2D eigenvalue weighted by molar-refractivity contribution is 6.33. The summed E-state index contributed by atoms with van der Waals surface area (Å²) in [5, 5.41) is 13.0. The summed E-state index contributed by atoms with van der Waals surface area (Å²) < 4.78 is 5.16. The molecule has 0 radical (unpaired) electrons. The van der Waals surface area contributed by atoms with Gasteiger partial charge in [-0.15, -0.1) is 5.69 Å². The molecule has 2 aromatic carbocycles. The molecule has 2 rings (SSSR count). The lowest BCUT2D eigenvalue weighted by molar-refractivity contribution is 0.414. The van der Waals surface area contributed by atoms with E-state index in [-0.39, 0.29) is 6.54 Å². The van der Waals surface area contributed by atoms with Gasteiger partial charge in [-0.2, -0.15) is 5.70 Å². The van der Waals surface area contributed by atoms with Crippen LogP contribution >= 0.6 is 11.6 Å². The molecule has 0 atom stereocenters. The standard InChI is InChI=1S/C18H19ClN3O/c1-23-16-8-6-13(7-9-16)10-15(11-14(21)12-20)22-18-5-3-2-4-17(18)19/h2-9,11,21H,10,12,20H2,1H3/q-1/b15-11-,21-14?. The van der Waals surface area contributed by atoms with E-state index >= 15 is 0 Å². The average Bonchev–Trinajstić information content (AvgIpc) is 2.57. The summed E-state index contributed by atoms with van der Waals surface area (Å²) in [6.07, 6.45) is 2.27. The van der Waals surface area contributed by atoms with E-state index in [1.165, 1.54) is 0 Å². The number of hydrogen-bond donors (Lipinski definition) is 2. The van der Waals surface area contributed by atoms with E-state index in [1.807, 2.05) is 42.5 Å². The molecule has 0 saturated carbocycles. The van der Waals surface area contributed by atoms with Crippen molar-refractivity contribution in [1.29, 1.82) is 5.41 Å². The molecule has 0 fully saturated rings. The fourth-order valence-electron chi connectivity index (χ4n) is 2.03. The number of nitrogens with one attached hydrogen (secondary N) is 1. The van der Waals surface area contributed by atoms with E-state index in [0.717, 1.165) is 17.0 Å². The molecule has 5 heteroatoms. The van der Waals surface area contributed by atoms with Gasteiger partial charge in [0.25, 0.3) is 0 Å². The van der Waals surface area contributed by atoms with Gasteiger partial charge in [-0.25, -0.2) is 0 Å². The van der Waals surface area contributed by atoms with E-state index in [2.05, 4.69) is 5.32 Å². The zero-order chi connectivity index (χ0) is 16.7. The normalized spacial score (nSPS) is 11.2. The van der Waals surface area contributed by atoms with Gasteiger partial charge < -0.3 is 21.2 Å². The van der Waals surface area contributed by atoms with Crippen molar-refractivity contribution >= 4 is 23.0 Å². The number of nitrogens with zero attached hydrogens (tertiary/aromatic N) is 1. The molecule has 3 N–H and O–H groups in total. The van der Waals surface area contributed by atoms with E-state index in [1.54, 1.807) is 19.3 Å². The summed E-state index contributed by atoms with van der Waals surface area (Å²) in [5.41, 5.74) is 8.33. The fraction of sp³-hybridized carbons (Fsp3) is 0.167. The zero-order valence-corrected chi connectivity index (χ0v) is 13.7.